The molecule has 2 heterocycles. The third kappa shape index (κ3) is 4.37. The third-order valence-electron chi connectivity index (χ3n) is 5.78. The standard InChI is InChI=1S/C26H25FN4/c27-23-11-13-24(14-12-23)31-26(19-25(28-31)22-9-5-2-6-10-22)30-17-15-29(16-18-30)20-21-7-3-1-4-8-21/h1-14,19H,15-18,20H2. The monoisotopic (exact) mass is 412 g/mol. The highest BCUT2D eigenvalue weighted by atomic mass is 19.1. The van der Waals surface area contributed by atoms with Gasteiger partial charge in [0.15, 0.2) is 0 Å². The molecule has 0 amide bonds. The zero-order valence-corrected chi connectivity index (χ0v) is 17.4. The summed E-state index contributed by atoms with van der Waals surface area (Å²) < 4.78 is 15.4. The van der Waals surface area contributed by atoms with Crippen molar-refractivity contribution in [2.45, 2.75) is 6.54 Å². The average molecular weight is 413 g/mol. The van der Waals surface area contributed by atoms with Gasteiger partial charge < -0.3 is 4.90 Å². The quantitative estimate of drug-likeness (QED) is 0.461. The van der Waals surface area contributed by atoms with Crippen molar-refractivity contribution in [1.29, 1.82) is 0 Å². The molecule has 5 heteroatoms. The Morgan fingerprint density at radius 1 is 0.742 bits per heavy atom. The summed E-state index contributed by atoms with van der Waals surface area (Å²) in [6.07, 6.45) is 0. The van der Waals surface area contributed by atoms with E-state index in [1.54, 1.807) is 12.1 Å². The van der Waals surface area contributed by atoms with Gasteiger partial charge in [-0.2, -0.15) is 5.10 Å². The number of hydrogen-bond acceptors (Lipinski definition) is 3. The molecule has 0 N–H and O–H groups in total. The van der Waals surface area contributed by atoms with Crippen LogP contribution in [0.5, 0.6) is 0 Å². The number of aromatic nitrogens is 2. The van der Waals surface area contributed by atoms with E-state index in [4.69, 9.17) is 5.10 Å². The molecular weight excluding hydrogens is 387 g/mol. The Bertz CT molecular complexity index is 1120. The van der Waals surface area contributed by atoms with E-state index in [1.807, 2.05) is 22.9 Å². The summed E-state index contributed by atoms with van der Waals surface area (Å²) in [5.74, 6) is 0.806. The minimum atomic E-state index is -0.240. The van der Waals surface area contributed by atoms with Crippen LogP contribution in [-0.2, 0) is 6.54 Å². The van der Waals surface area contributed by atoms with Crippen molar-refractivity contribution in [3.05, 3.63) is 102 Å². The molecule has 0 unspecified atom stereocenters. The normalized spacial score (nSPS) is 14.7. The zero-order chi connectivity index (χ0) is 21.0. The maximum absolute atomic E-state index is 13.5. The van der Waals surface area contributed by atoms with E-state index in [-0.39, 0.29) is 5.82 Å². The molecule has 1 aliphatic heterocycles. The van der Waals surface area contributed by atoms with E-state index >= 15 is 0 Å². The number of anilines is 1. The largest absolute Gasteiger partial charge is 0.354 e. The van der Waals surface area contributed by atoms with Crippen LogP contribution < -0.4 is 4.90 Å². The number of benzene rings is 3. The van der Waals surface area contributed by atoms with Crippen molar-refractivity contribution in [2.75, 3.05) is 31.1 Å². The van der Waals surface area contributed by atoms with Crippen LogP contribution in [0.15, 0.2) is 91.0 Å². The number of nitrogens with zero attached hydrogens (tertiary/aromatic N) is 4. The molecule has 156 valence electrons. The van der Waals surface area contributed by atoms with Gasteiger partial charge in [0.05, 0.1) is 11.4 Å². The number of halogens is 1. The van der Waals surface area contributed by atoms with E-state index in [0.29, 0.717) is 0 Å². The van der Waals surface area contributed by atoms with E-state index in [1.165, 1.54) is 17.7 Å². The lowest BCUT2D eigenvalue weighted by Gasteiger charge is -2.36. The molecule has 31 heavy (non-hydrogen) atoms. The van der Waals surface area contributed by atoms with Crippen molar-refractivity contribution < 1.29 is 4.39 Å². The van der Waals surface area contributed by atoms with Crippen molar-refractivity contribution in [3.8, 4) is 16.9 Å². The highest BCUT2D eigenvalue weighted by molar-refractivity contribution is 5.65. The smallest absolute Gasteiger partial charge is 0.133 e. The molecule has 4 nitrogen and oxygen atoms in total. The van der Waals surface area contributed by atoms with Gasteiger partial charge in [0, 0.05) is 44.4 Å². The predicted molar refractivity (Wildman–Crippen MR) is 123 cm³/mol. The van der Waals surface area contributed by atoms with Gasteiger partial charge in [-0.05, 0) is 29.8 Å². The maximum Gasteiger partial charge on any atom is 0.133 e. The maximum atomic E-state index is 13.5. The Labute approximate surface area is 182 Å². The first-order valence-electron chi connectivity index (χ1n) is 10.7. The number of piperazine rings is 1. The Morgan fingerprint density at radius 3 is 2.06 bits per heavy atom. The lowest BCUT2D eigenvalue weighted by Crippen LogP contribution is -2.46. The summed E-state index contributed by atoms with van der Waals surface area (Å²) >= 11 is 0. The lowest BCUT2D eigenvalue weighted by molar-refractivity contribution is 0.249. The molecule has 4 aromatic rings. The van der Waals surface area contributed by atoms with Crippen LogP contribution in [0.3, 0.4) is 0 Å². The predicted octanol–water partition coefficient (Wildman–Crippen LogP) is 5.00. The van der Waals surface area contributed by atoms with Crippen LogP contribution in [-0.4, -0.2) is 40.9 Å². The Hall–Kier alpha value is -3.44. The highest BCUT2D eigenvalue weighted by Crippen LogP contribution is 2.28. The zero-order valence-electron chi connectivity index (χ0n) is 17.4. The number of rotatable bonds is 5. The third-order valence-corrected chi connectivity index (χ3v) is 5.78. The molecule has 5 rings (SSSR count). The van der Waals surface area contributed by atoms with Gasteiger partial charge >= 0.3 is 0 Å². The van der Waals surface area contributed by atoms with Gasteiger partial charge in [-0.3, -0.25) is 4.90 Å². The second kappa shape index (κ2) is 8.74. The summed E-state index contributed by atoms with van der Waals surface area (Å²) in [6.45, 7) is 4.80. The minimum absolute atomic E-state index is 0.240. The highest BCUT2D eigenvalue weighted by Gasteiger charge is 2.22. The van der Waals surface area contributed by atoms with Crippen LogP contribution >= 0.6 is 0 Å². The van der Waals surface area contributed by atoms with Crippen molar-refractivity contribution in [2.24, 2.45) is 0 Å². The number of hydrogen-bond donors (Lipinski definition) is 0. The molecule has 0 atom stereocenters. The molecule has 0 aliphatic carbocycles. The van der Waals surface area contributed by atoms with Crippen LogP contribution in [0.4, 0.5) is 10.2 Å². The summed E-state index contributed by atoms with van der Waals surface area (Å²) in [6, 6.07) is 29.5. The average Bonchev–Trinajstić information content (AvgIpc) is 3.27. The molecule has 0 spiro atoms. The van der Waals surface area contributed by atoms with Crippen LogP contribution in [0, 0.1) is 5.82 Å². The second-order valence-corrected chi connectivity index (χ2v) is 7.89. The molecule has 1 saturated heterocycles. The second-order valence-electron chi connectivity index (χ2n) is 7.89. The van der Waals surface area contributed by atoms with Crippen molar-refractivity contribution in [1.82, 2.24) is 14.7 Å². The Kier molecular flexibility index (Phi) is 5.50. The molecule has 0 radical (unpaired) electrons. The molecule has 0 saturated carbocycles. The first-order chi connectivity index (χ1) is 15.3. The van der Waals surface area contributed by atoms with E-state index < -0.39 is 0 Å². The van der Waals surface area contributed by atoms with Gasteiger partial charge in [0.2, 0.25) is 0 Å². The van der Waals surface area contributed by atoms with Gasteiger partial charge in [-0.15, -0.1) is 0 Å². The molecule has 1 fully saturated rings. The van der Waals surface area contributed by atoms with Gasteiger partial charge in [-0.1, -0.05) is 60.7 Å². The minimum Gasteiger partial charge on any atom is -0.354 e. The Morgan fingerprint density at radius 2 is 1.39 bits per heavy atom. The molecule has 1 aliphatic rings. The van der Waals surface area contributed by atoms with Crippen LogP contribution in [0.25, 0.3) is 16.9 Å². The van der Waals surface area contributed by atoms with Gasteiger partial charge in [0.1, 0.15) is 11.6 Å². The van der Waals surface area contributed by atoms with Crippen molar-refractivity contribution >= 4 is 5.82 Å². The fraction of sp³-hybridized carbons (Fsp3) is 0.192. The molecule has 0 bridgehead atoms. The first-order valence-corrected chi connectivity index (χ1v) is 10.7. The summed E-state index contributed by atoms with van der Waals surface area (Å²) in [4.78, 5) is 4.87. The summed E-state index contributed by atoms with van der Waals surface area (Å²) in [5.41, 5.74) is 4.21. The van der Waals surface area contributed by atoms with E-state index in [0.717, 1.165) is 55.5 Å². The van der Waals surface area contributed by atoms with Crippen LogP contribution in [0.2, 0.25) is 0 Å². The van der Waals surface area contributed by atoms with Gasteiger partial charge in [-0.25, -0.2) is 9.07 Å². The lowest BCUT2D eigenvalue weighted by atomic mass is 10.1. The fourth-order valence-electron chi connectivity index (χ4n) is 4.10. The van der Waals surface area contributed by atoms with E-state index in [2.05, 4.69) is 58.3 Å². The molecule has 1 aromatic heterocycles. The topological polar surface area (TPSA) is 24.3 Å². The summed E-state index contributed by atoms with van der Waals surface area (Å²) in [7, 11) is 0. The van der Waals surface area contributed by atoms with Crippen molar-refractivity contribution in [3.63, 3.8) is 0 Å². The SMILES string of the molecule is Fc1ccc(-n2nc(-c3ccccc3)cc2N2CCN(Cc3ccccc3)CC2)cc1. The molecular formula is C26H25FN4. The van der Waals surface area contributed by atoms with Crippen LogP contribution in [0.1, 0.15) is 5.56 Å². The fourth-order valence-corrected chi connectivity index (χ4v) is 4.10. The van der Waals surface area contributed by atoms with Gasteiger partial charge in [0.25, 0.3) is 0 Å². The first kappa shape index (κ1) is 19.5. The Balaban J connectivity index is 1.40. The van der Waals surface area contributed by atoms with E-state index in [9.17, 15) is 4.39 Å². The molecule has 3 aromatic carbocycles. The summed E-state index contributed by atoms with van der Waals surface area (Å²) in [5, 5.41) is 4.88.